The van der Waals surface area contributed by atoms with E-state index in [1.54, 1.807) is 5.56 Å². The molecule has 1 heteroatoms. The molecule has 51 heavy (non-hydrogen) atoms. The van der Waals surface area contributed by atoms with Crippen LogP contribution in [0.1, 0.15) is 106 Å². The SMILES string of the molecule is CC1(C)c2ccc(-c3ccc4ccccc4c3)cc2-c2ccc(N(c3ccc(C4CC5CCC4C5)cc3)c3ccccc3C3CCCCC3)cc21. The summed E-state index contributed by atoms with van der Waals surface area (Å²) in [5, 5.41) is 2.58. The van der Waals surface area contributed by atoms with Gasteiger partial charge < -0.3 is 4.90 Å². The van der Waals surface area contributed by atoms with E-state index in [0.29, 0.717) is 5.92 Å². The van der Waals surface area contributed by atoms with Gasteiger partial charge in [0, 0.05) is 22.5 Å². The maximum Gasteiger partial charge on any atom is 0.0496 e. The quantitative estimate of drug-likeness (QED) is 0.171. The third kappa shape index (κ3) is 5.26. The fraction of sp³-hybridized carbons (Fsp3) is 0.320. The Kier molecular flexibility index (Phi) is 7.49. The monoisotopic (exact) mass is 663 g/mol. The van der Waals surface area contributed by atoms with Crippen molar-refractivity contribution in [1.82, 2.24) is 0 Å². The van der Waals surface area contributed by atoms with Crippen LogP contribution in [0, 0.1) is 11.8 Å². The molecule has 1 nitrogen and oxygen atoms in total. The van der Waals surface area contributed by atoms with Crippen LogP contribution in [-0.4, -0.2) is 0 Å². The fourth-order valence-electron chi connectivity index (χ4n) is 10.8. The lowest BCUT2D eigenvalue weighted by Crippen LogP contribution is -2.18. The molecule has 6 aromatic carbocycles. The van der Waals surface area contributed by atoms with Gasteiger partial charge in [-0.05, 0) is 154 Å². The predicted molar refractivity (Wildman–Crippen MR) is 216 cm³/mol. The summed E-state index contributed by atoms with van der Waals surface area (Å²) in [4.78, 5) is 2.59. The Hall–Kier alpha value is -4.62. The molecule has 254 valence electrons. The van der Waals surface area contributed by atoms with Gasteiger partial charge in [0.1, 0.15) is 0 Å². The number of hydrogen-bond donors (Lipinski definition) is 0. The van der Waals surface area contributed by atoms with E-state index in [2.05, 4.69) is 146 Å². The molecule has 0 N–H and O–H groups in total. The van der Waals surface area contributed by atoms with Crippen molar-refractivity contribution in [2.75, 3.05) is 4.90 Å². The van der Waals surface area contributed by atoms with Gasteiger partial charge in [-0.3, -0.25) is 0 Å². The van der Waals surface area contributed by atoms with Crippen LogP contribution in [-0.2, 0) is 5.41 Å². The lowest BCUT2D eigenvalue weighted by molar-refractivity contribution is 0.420. The number of benzene rings is 6. The zero-order valence-corrected chi connectivity index (χ0v) is 30.2. The second kappa shape index (κ2) is 12.3. The highest BCUT2D eigenvalue weighted by molar-refractivity contribution is 5.91. The first-order valence-electron chi connectivity index (χ1n) is 19.8. The van der Waals surface area contributed by atoms with Gasteiger partial charge in [-0.25, -0.2) is 0 Å². The maximum atomic E-state index is 2.59. The Balaban J connectivity index is 1.07. The molecule has 3 atom stereocenters. The molecule has 3 saturated carbocycles. The summed E-state index contributed by atoms with van der Waals surface area (Å²) in [5.74, 6) is 3.22. The molecule has 0 spiro atoms. The maximum absolute atomic E-state index is 2.59. The average molecular weight is 664 g/mol. The Morgan fingerprint density at radius 2 is 1.29 bits per heavy atom. The lowest BCUT2D eigenvalue weighted by Gasteiger charge is -2.33. The van der Waals surface area contributed by atoms with Gasteiger partial charge in [0.25, 0.3) is 0 Å². The van der Waals surface area contributed by atoms with Crippen molar-refractivity contribution in [1.29, 1.82) is 0 Å². The van der Waals surface area contributed by atoms with Crippen LogP contribution in [0.15, 0.2) is 127 Å². The fourth-order valence-corrected chi connectivity index (χ4v) is 10.8. The number of fused-ring (bicyclic) bond motifs is 6. The number of rotatable bonds is 6. The Morgan fingerprint density at radius 3 is 2.10 bits per heavy atom. The Morgan fingerprint density at radius 1 is 0.549 bits per heavy atom. The zero-order valence-electron chi connectivity index (χ0n) is 30.2. The van der Waals surface area contributed by atoms with Gasteiger partial charge in [0.2, 0.25) is 0 Å². The molecule has 6 aromatic rings. The van der Waals surface area contributed by atoms with Crippen molar-refractivity contribution >= 4 is 27.8 Å². The van der Waals surface area contributed by atoms with Crippen molar-refractivity contribution in [3.05, 3.63) is 150 Å². The highest BCUT2D eigenvalue weighted by Gasteiger charge is 2.40. The zero-order chi connectivity index (χ0) is 34.1. The summed E-state index contributed by atoms with van der Waals surface area (Å²) in [5.41, 5.74) is 15.0. The smallest absolute Gasteiger partial charge is 0.0496 e. The molecular formula is C50H49N. The second-order valence-electron chi connectivity index (χ2n) is 16.8. The summed E-state index contributed by atoms with van der Waals surface area (Å²) in [7, 11) is 0. The van der Waals surface area contributed by atoms with Crippen molar-refractivity contribution in [3.63, 3.8) is 0 Å². The standard InChI is InChI=1S/C50H49N/c1-50(2)47-27-22-39(38-19-18-34-10-6-7-13-37(34)30-38)31-46(47)44-26-25-42(32-48(44)50)51(49-15-9-8-14-43(49)35-11-4-3-5-12-35)41-23-20-36(21-24-41)45-29-33-16-17-40(45)28-33/h6-10,13-15,18-27,30-33,35,40,45H,3-5,11-12,16-17,28-29H2,1-2H3. The summed E-state index contributed by atoms with van der Waals surface area (Å²) in [6.07, 6.45) is 12.3. The van der Waals surface area contributed by atoms with Gasteiger partial charge in [-0.1, -0.05) is 124 Å². The molecule has 2 bridgehead atoms. The molecule has 3 fully saturated rings. The van der Waals surface area contributed by atoms with Gasteiger partial charge >= 0.3 is 0 Å². The van der Waals surface area contributed by atoms with E-state index in [-0.39, 0.29) is 5.41 Å². The molecule has 0 saturated heterocycles. The molecule has 0 amide bonds. The average Bonchev–Trinajstić information content (AvgIpc) is 3.88. The topological polar surface area (TPSA) is 3.24 Å². The highest BCUT2D eigenvalue weighted by atomic mass is 15.1. The van der Waals surface area contributed by atoms with Crippen molar-refractivity contribution in [2.24, 2.45) is 11.8 Å². The summed E-state index contributed by atoms with van der Waals surface area (Å²) in [6, 6.07) is 49.2. The van der Waals surface area contributed by atoms with E-state index in [4.69, 9.17) is 0 Å². The molecule has 0 aromatic heterocycles. The normalized spacial score (nSPS) is 21.9. The molecule has 10 rings (SSSR count). The minimum atomic E-state index is -0.0945. The Bertz CT molecular complexity index is 2250. The lowest BCUT2D eigenvalue weighted by atomic mass is 9.81. The molecule has 0 radical (unpaired) electrons. The highest BCUT2D eigenvalue weighted by Crippen LogP contribution is 2.54. The van der Waals surface area contributed by atoms with Crippen LogP contribution in [0.4, 0.5) is 17.1 Å². The molecule has 3 unspecified atom stereocenters. The van der Waals surface area contributed by atoms with Crippen LogP contribution in [0.5, 0.6) is 0 Å². The molecule has 4 aliphatic carbocycles. The van der Waals surface area contributed by atoms with E-state index in [1.807, 2.05) is 0 Å². The van der Waals surface area contributed by atoms with Crippen molar-refractivity contribution in [3.8, 4) is 22.3 Å². The van der Waals surface area contributed by atoms with Crippen molar-refractivity contribution < 1.29 is 0 Å². The van der Waals surface area contributed by atoms with E-state index in [1.165, 1.54) is 125 Å². The second-order valence-corrected chi connectivity index (χ2v) is 16.8. The summed E-state index contributed by atoms with van der Waals surface area (Å²) < 4.78 is 0. The Labute approximate surface area is 304 Å². The van der Waals surface area contributed by atoms with Crippen LogP contribution < -0.4 is 4.90 Å². The van der Waals surface area contributed by atoms with E-state index >= 15 is 0 Å². The minimum Gasteiger partial charge on any atom is -0.310 e. The first kappa shape index (κ1) is 31.1. The first-order chi connectivity index (χ1) is 25.0. The molecule has 0 heterocycles. The number of anilines is 3. The van der Waals surface area contributed by atoms with E-state index < -0.39 is 0 Å². The molecule has 4 aliphatic rings. The summed E-state index contributed by atoms with van der Waals surface area (Å²) in [6.45, 7) is 4.84. The minimum absolute atomic E-state index is 0.0945. The number of para-hydroxylation sites is 1. The van der Waals surface area contributed by atoms with Crippen LogP contribution >= 0.6 is 0 Å². The number of hydrogen-bond acceptors (Lipinski definition) is 1. The van der Waals surface area contributed by atoms with Gasteiger partial charge in [0.05, 0.1) is 0 Å². The van der Waals surface area contributed by atoms with Gasteiger partial charge in [-0.15, -0.1) is 0 Å². The predicted octanol–water partition coefficient (Wildman–Crippen LogP) is 14.2. The van der Waals surface area contributed by atoms with Gasteiger partial charge in [-0.2, -0.15) is 0 Å². The largest absolute Gasteiger partial charge is 0.310 e. The summed E-state index contributed by atoms with van der Waals surface area (Å²) >= 11 is 0. The van der Waals surface area contributed by atoms with Crippen LogP contribution in [0.25, 0.3) is 33.0 Å². The van der Waals surface area contributed by atoms with Crippen LogP contribution in [0.2, 0.25) is 0 Å². The van der Waals surface area contributed by atoms with Gasteiger partial charge in [0.15, 0.2) is 0 Å². The van der Waals surface area contributed by atoms with Crippen molar-refractivity contribution in [2.45, 2.75) is 88.9 Å². The van der Waals surface area contributed by atoms with E-state index in [9.17, 15) is 0 Å². The first-order valence-corrected chi connectivity index (χ1v) is 19.8. The molecule has 0 aliphatic heterocycles. The third-order valence-corrected chi connectivity index (χ3v) is 13.5. The van der Waals surface area contributed by atoms with Crippen LogP contribution in [0.3, 0.4) is 0 Å². The number of nitrogens with zero attached hydrogens (tertiary/aromatic N) is 1. The van der Waals surface area contributed by atoms with E-state index in [0.717, 1.165) is 17.8 Å². The third-order valence-electron chi connectivity index (χ3n) is 13.5. The molecular weight excluding hydrogens is 615 g/mol.